The van der Waals surface area contributed by atoms with Gasteiger partial charge in [-0.15, -0.1) is 0 Å². The van der Waals surface area contributed by atoms with Crippen molar-refractivity contribution in [3.63, 3.8) is 0 Å². The van der Waals surface area contributed by atoms with E-state index in [4.69, 9.17) is 0 Å². The Balaban J connectivity index is 1.65. The number of hydrogen-bond donors (Lipinski definition) is 2. The van der Waals surface area contributed by atoms with Crippen molar-refractivity contribution >= 4 is 32.5 Å². The van der Waals surface area contributed by atoms with E-state index in [0.717, 1.165) is 38.2 Å². The second-order valence-corrected chi connectivity index (χ2v) is 8.90. The first kappa shape index (κ1) is 19.9. The minimum Gasteiger partial charge on any atom is -0.361 e. The normalized spacial score (nSPS) is 11.5. The standard InChI is InChI=1S/C21H25N3O3S/c1-15-8-9-18(12-16(15)2)24(28(3,26)27)14-21(25)22-11-10-17-13-23-20-7-5-4-6-19(17)20/h4-9,12-13,23H,10-11,14H2,1-3H3,(H,22,25). The summed E-state index contributed by atoms with van der Waals surface area (Å²) < 4.78 is 25.6. The molecule has 2 aromatic carbocycles. The highest BCUT2D eigenvalue weighted by Gasteiger charge is 2.21. The maximum atomic E-state index is 12.4. The molecule has 0 atom stereocenters. The van der Waals surface area contributed by atoms with Crippen LogP contribution in [-0.4, -0.2) is 38.7 Å². The molecule has 0 fully saturated rings. The molecule has 0 aliphatic heterocycles. The number of anilines is 1. The third-order valence-corrected chi connectivity index (χ3v) is 6.00. The van der Waals surface area contributed by atoms with Gasteiger partial charge >= 0.3 is 0 Å². The zero-order valence-corrected chi connectivity index (χ0v) is 17.1. The summed E-state index contributed by atoms with van der Waals surface area (Å²) in [6, 6.07) is 13.4. The Kier molecular flexibility index (Phi) is 5.74. The van der Waals surface area contributed by atoms with Crippen LogP contribution in [0.4, 0.5) is 5.69 Å². The molecular weight excluding hydrogens is 374 g/mol. The number of fused-ring (bicyclic) bond motifs is 1. The number of benzene rings is 2. The number of H-pyrrole nitrogens is 1. The molecule has 0 saturated heterocycles. The molecule has 0 aliphatic carbocycles. The molecule has 2 N–H and O–H groups in total. The number of aromatic amines is 1. The van der Waals surface area contributed by atoms with Crippen LogP contribution in [0.15, 0.2) is 48.7 Å². The molecule has 0 spiro atoms. The van der Waals surface area contributed by atoms with Gasteiger partial charge in [0.15, 0.2) is 0 Å². The van der Waals surface area contributed by atoms with E-state index in [-0.39, 0.29) is 12.5 Å². The molecule has 1 aromatic heterocycles. The molecule has 7 heteroatoms. The lowest BCUT2D eigenvalue weighted by Crippen LogP contribution is -2.41. The molecule has 0 saturated carbocycles. The molecule has 1 amide bonds. The highest BCUT2D eigenvalue weighted by atomic mass is 32.2. The van der Waals surface area contributed by atoms with Gasteiger partial charge in [0, 0.05) is 23.6 Å². The van der Waals surface area contributed by atoms with Crippen LogP contribution in [0.3, 0.4) is 0 Å². The Hall–Kier alpha value is -2.80. The number of nitrogens with zero attached hydrogens (tertiary/aromatic N) is 1. The number of rotatable bonds is 7. The smallest absolute Gasteiger partial charge is 0.240 e. The number of aromatic nitrogens is 1. The lowest BCUT2D eigenvalue weighted by Gasteiger charge is -2.22. The number of sulfonamides is 1. The minimum atomic E-state index is -3.57. The van der Waals surface area contributed by atoms with Gasteiger partial charge in [-0.2, -0.15) is 0 Å². The minimum absolute atomic E-state index is 0.241. The first-order valence-electron chi connectivity index (χ1n) is 9.12. The number of aryl methyl sites for hydroxylation is 2. The van der Waals surface area contributed by atoms with Crippen LogP contribution in [0.5, 0.6) is 0 Å². The Morgan fingerprint density at radius 3 is 2.57 bits per heavy atom. The average Bonchev–Trinajstić information content (AvgIpc) is 3.05. The van der Waals surface area contributed by atoms with Crippen LogP contribution in [0.25, 0.3) is 10.9 Å². The van der Waals surface area contributed by atoms with Gasteiger partial charge in [0.05, 0.1) is 11.9 Å². The Morgan fingerprint density at radius 1 is 1.11 bits per heavy atom. The second kappa shape index (κ2) is 8.06. The third-order valence-electron chi connectivity index (χ3n) is 4.86. The molecule has 0 radical (unpaired) electrons. The van der Waals surface area contributed by atoms with Crippen LogP contribution < -0.4 is 9.62 Å². The van der Waals surface area contributed by atoms with E-state index < -0.39 is 10.0 Å². The molecule has 1 heterocycles. The van der Waals surface area contributed by atoms with E-state index in [1.807, 2.05) is 50.4 Å². The topological polar surface area (TPSA) is 82.3 Å². The van der Waals surface area contributed by atoms with Gasteiger partial charge in [0.25, 0.3) is 0 Å². The monoisotopic (exact) mass is 399 g/mol. The van der Waals surface area contributed by atoms with Gasteiger partial charge in [-0.3, -0.25) is 9.10 Å². The Labute approximate surface area is 165 Å². The van der Waals surface area contributed by atoms with Crippen LogP contribution in [0, 0.1) is 13.8 Å². The number of amides is 1. The molecule has 0 aliphatic rings. The van der Waals surface area contributed by atoms with Crippen LogP contribution in [0.2, 0.25) is 0 Å². The largest absolute Gasteiger partial charge is 0.361 e. The third kappa shape index (κ3) is 4.54. The maximum Gasteiger partial charge on any atom is 0.240 e. The summed E-state index contributed by atoms with van der Waals surface area (Å²) in [4.78, 5) is 15.6. The van der Waals surface area contributed by atoms with Gasteiger partial charge in [0.2, 0.25) is 15.9 Å². The highest BCUT2D eigenvalue weighted by molar-refractivity contribution is 7.92. The summed E-state index contributed by atoms with van der Waals surface area (Å²) in [6.45, 7) is 4.07. The predicted octanol–water partition coefficient (Wildman–Crippen LogP) is 2.91. The fourth-order valence-corrected chi connectivity index (χ4v) is 3.99. The summed E-state index contributed by atoms with van der Waals surface area (Å²) in [7, 11) is -3.57. The predicted molar refractivity (Wildman–Crippen MR) is 113 cm³/mol. The molecule has 6 nitrogen and oxygen atoms in total. The van der Waals surface area contributed by atoms with Crippen molar-refractivity contribution in [1.82, 2.24) is 10.3 Å². The fourth-order valence-electron chi connectivity index (χ4n) is 3.14. The van der Waals surface area contributed by atoms with E-state index in [1.54, 1.807) is 12.1 Å². The highest BCUT2D eigenvalue weighted by Crippen LogP contribution is 2.21. The first-order chi connectivity index (χ1) is 13.3. The molecule has 3 aromatic rings. The SMILES string of the molecule is Cc1ccc(N(CC(=O)NCCc2c[nH]c3ccccc23)S(C)(=O)=O)cc1C. The summed E-state index contributed by atoms with van der Waals surface area (Å²) in [5.74, 6) is -0.330. The van der Waals surface area contributed by atoms with Gasteiger partial charge in [-0.25, -0.2) is 8.42 Å². The molecule has 148 valence electrons. The average molecular weight is 400 g/mol. The van der Waals surface area contributed by atoms with Crippen molar-refractivity contribution in [2.45, 2.75) is 20.3 Å². The fraction of sp³-hybridized carbons (Fsp3) is 0.286. The first-order valence-corrected chi connectivity index (χ1v) is 11.0. The second-order valence-electron chi connectivity index (χ2n) is 7.00. The van der Waals surface area contributed by atoms with E-state index in [0.29, 0.717) is 18.7 Å². The number of nitrogens with one attached hydrogen (secondary N) is 2. The summed E-state index contributed by atoms with van der Waals surface area (Å²) in [5.41, 5.74) is 4.72. The van der Waals surface area contributed by atoms with Gasteiger partial charge in [-0.05, 0) is 55.2 Å². The summed E-state index contributed by atoms with van der Waals surface area (Å²) >= 11 is 0. The van der Waals surface area contributed by atoms with Crippen LogP contribution >= 0.6 is 0 Å². The van der Waals surface area contributed by atoms with E-state index >= 15 is 0 Å². The lowest BCUT2D eigenvalue weighted by molar-refractivity contribution is -0.119. The van der Waals surface area contributed by atoms with Gasteiger partial charge in [0.1, 0.15) is 6.54 Å². The molecule has 28 heavy (non-hydrogen) atoms. The summed E-state index contributed by atoms with van der Waals surface area (Å²) in [6.07, 6.45) is 3.72. The van der Waals surface area contributed by atoms with Gasteiger partial charge in [-0.1, -0.05) is 24.3 Å². The Bertz CT molecular complexity index is 1100. The van der Waals surface area contributed by atoms with Crippen LogP contribution in [-0.2, 0) is 21.2 Å². The van der Waals surface area contributed by atoms with Gasteiger partial charge < -0.3 is 10.3 Å². The number of carbonyl (C=O) groups is 1. The zero-order valence-electron chi connectivity index (χ0n) is 16.3. The zero-order chi connectivity index (χ0) is 20.3. The van der Waals surface area contributed by atoms with E-state index in [1.165, 1.54) is 0 Å². The molecule has 3 rings (SSSR count). The Morgan fingerprint density at radius 2 is 1.86 bits per heavy atom. The van der Waals surface area contributed by atoms with Crippen LogP contribution in [0.1, 0.15) is 16.7 Å². The van der Waals surface area contributed by atoms with E-state index in [2.05, 4.69) is 10.3 Å². The number of hydrogen-bond acceptors (Lipinski definition) is 3. The van der Waals surface area contributed by atoms with Crippen molar-refractivity contribution in [2.24, 2.45) is 0 Å². The quantitative estimate of drug-likeness (QED) is 0.641. The van der Waals surface area contributed by atoms with Crippen molar-refractivity contribution < 1.29 is 13.2 Å². The van der Waals surface area contributed by atoms with Crippen molar-refractivity contribution in [2.75, 3.05) is 23.7 Å². The van der Waals surface area contributed by atoms with Crippen molar-refractivity contribution in [1.29, 1.82) is 0 Å². The van der Waals surface area contributed by atoms with E-state index in [9.17, 15) is 13.2 Å². The lowest BCUT2D eigenvalue weighted by atomic mass is 10.1. The van der Waals surface area contributed by atoms with Crippen molar-refractivity contribution in [3.05, 3.63) is 65.4 Å². The number of carbonyl (C=O) groups excluding carboxylic acids is 1. The number of para-hydroxylation sites is 1. The summed E-state index contributed by atoms with van der Waals surface area (Å²) in [5, 5.41) is 3.95. The molecular formula is C21H25N3O3S. The van der Waals surface area contributed by atoms with Crippen molar-refractivity contribution in [3.8, 4) is 0 Å². The maximum absolute atomic E-state index is 12.4. The molecule has 0 unspecified atom stereocenters. The molecule has 0 bridgehead atoms.